The van der Waals surface area contributed by atoms with E-state index in [9.17, 15) is 9.59 Å². The summed E-state index contributed by atoms with van der Waals surface area (Å²) in [4.78, 5) is 29.7. The summed E-state index contributed by atoms with van der Waals surface area (Å²) in [5, 5.41) is 8.13. The Morgan fingerprint density at radius 2 is 2.12 bits per heavy atom. The molecule has 24 heavy (non-hydrogen) atoms. The molecule has 128 valence electrons. The number of carbonyl (C=O) groups is 2. The Labute approximate surface area is 149 Å². The topological polar surface area (TPSA) is 100 Å². The van der Waals surface area contributed by atoms with Crippen molar-refractivity contribution < 1.29 is 9.59 Å². The van der Waals surface area contributed by atoms with Crippen molar-refractivity contribution in [2.45, 2.75) is 6.42 Å². The molecular formula is C15H18ClN5O2S. The van der Waals surface area contributed by atoms with E-state index in [1.54, 1.807) is 34.5 Å². The molecule has 1 aliphatic heterocycles. The predicted molar refractivity (Wildman–Crippen MR) is 97.3 cm³/mol. The first-order chi connectivity index (χ1) is 11.2. The number of carbonyl (C=O) groups excluding carboxylic acids is 2. The summed E-state index contributed by atoms with van der Waals surface area (Å²) in [6, 6.07) is 7.05. The van der Waals surface area contributed by atoms with Crippen LogP contribution < -0.4 is 21.3 Å². The van der Waals surface area contributed by atoms with Crippen LogP contribution in [0.3, 0.4) is 0 Å². The van der Waals surface area contributed by atoms with Gasteiger partial charge in [-0.1, -0.05) is 0 Å². The number of urea groups is 1. The number of nitrogens with one attached hydrogen (secondary N) is 2. The van der Waals surface area contributed by atoms with Gasteiger partial charge in [-0.15, -0.1) is 23.7 Å². The van der Waals surface area contributed by atoms with E-state index in [2.05, 4.69) is 15.6 Å². The van der Waals surface area contributed by atoms with Crippen molar-refractivity contribution >= 4 is 47.1 Å². The fourth-order valence-electron chi connectivity index (χ4n) is 2.29. The summed E-state index contributed by atoms with van der Waals surface area (Å²) in [5.74, 6) is -0.254. The van der Waals surface area contributed by atoms with Gasteiger partial charge in [0.25, 0.3) is 5.91 Å². The van der Waals surface area contributed by atoms with Gasteiger partial charge in [-0.3, -0.25) is 9.69 Å². The molecule has 0 atom stereocenters. The Morgan fingerprint density at radius 3 is 2.75 bits per heavy atom. The maximum absolute atomic E-state index is 12.2. The lowest BCUT2D eigenvalue weighted by Crippen LogP contribution is -2.27. The number of nitrogens with two attached hydrogens (primary N) is 1. The second-order valence-electron chi connectivity index (χ2n) is 5.05. The highest BCUT2D eigenvalue weighted by atomic mass is 35.5. The number of benzene rings is 1. The molecule has 1 aliphatic rings. The molecule has 3 amide bonds. The lowest BCUT2D eigenvalue weighted by atomic mass is 10.2. The third kappa shape index (κ3) is 4.02. The fourth-order valence-corrected chi connectivity index (χ4v) is 3.09. The zero-order valence-electron chi connectivity index (χ0n) is 12.8. The van der Waals surface area contributed by atoms with Gasteiger partial charge in [-0.2, -0.15) is 0 Å². The fraction of sp³-hybridized carbons (Fsp3) is 0.267. The minimum atomic E-state index is -0.254. The van der Waals surface area contributed by atoms with Crippen LogP contribution in [0.15, 0.2) is 29.6 Å². The number of hydrogen-bond donors (Lipinski definition) is 3. The number of thiazole rings is 1. The number of anilines is 2. The highest BCUT2D eigenvalue weighted by Gasteiger charge is 2.20. The summed E-state index contributed by atoms with van der Waals surface area (Å²) in [6.07, 6.45) is 0.671. The number of amides is 3. The van der Waals surface area contributed by atoms with E-state index >= 15 is 0 Å². The molecular weight excluding hydrogens is 350 g/mol. The molecule has 1 aromatic heterocycles. The Hall–Kier alpha value is -2.16. The van der Waals surface area contributed by atoms with Gasteiger partial charge < -0.3 is 16.4 Å². The van der Waals surface area contributed by atoms with Crippen molar-refractivity contribution in [3.05, 3.63) is 40.3 Å². The van der Waals surface area contributed by atoms with Crippen LogP contribution in [-0.2, 0) is 6.42 Å². The summed E-state index contributed by atoms with van der Waals surface area (Å²) in [6.45, 7) is 1.81. The molecule has 1 saturated heterocycles. The van der Waals surface area contributed by atoms with Crippen molar-refractivity contribution in [1.29, 1.82) is 0 Å². The van der Waals surface area contributed by atoms with Crippen LogP contribution in [0.1, 0.15) is 15.5 Å². The minimum Gasteiger partial charge on any atom is -0.336 e. The molecule has 9 heteroatoms. The maximum atomic E-state index is 12.2. The number of hydrogen-bond acceptors (Lipinski definition) is 5. The largest absolute Gasteiger partial charge is 0.336 e. The van der Waals surface area contributed by atoms with Gasteiger partial charge >= 0.3 is 6.03 Å². The van der Waals surface area contributed by atoms with Crippen LogP contribution in [0, 0.1) is 0 Å². The monoisotopic (exact) mass is 367 g/mol. The van der Waals surface area contributed by atoms with E-state index in [-0.39, 0.29) is 24.3 Å². The second-order valence-corrected chi connectivity index (χ2v) is 5.99. The third-order valence-electron chi connectivity index (χ3n) is 3.44. The van der Waals surface area contributed by atoms with Gasteiger partial charge in [0.2, 0.25) is 0 Å². The first-order valence-corrected chi connectivity index (χ1v) is 8.16. The van der Waals surface area contributed by atoms with Gasteiger partial charge in [0, 0.05) is 36.3 Å². The van der Waals surface area contributed by atoms with Gasteiger partial charge in [0.05, 0.1) is 5.01 Å². The predicted octanol–water partition coefficient (Wildman–Crippen LogP) is 1.85. The molecule has 2 aromatic rings. The Bertz CT molecular complexity index is 719. The van der Waals surface area contributed by atoms with Gasteiger partial charge in [-0.25, -0.2) is 9.78 Å². The molecule has 1 aromatic carbocycles. The van der Waals surface area contributed by atoms with Crippen LogP contribution in [0.25, 0.3) is 0 Å². The molecule has 0 saturated carbocycles. The average molecular weight is 368 g/mol. The van der Waals surface area contributed by atoms with Gasteiger partial charge in [0.15, 0.2) is 0 Å². The highest BCUT2D eigenvalue weighted by molar-refractivity contribution is 7.09. The molecule has 0 spiro atoms. The van der Waals surface area contributed by atoms with Crippen molar-refractivity contribution in [2.24, 2.45) is 5.73 Å². The van der Waals surface area contributed by atoms with E-state index in [1.165, 1.54) is 11.3 Å². The van der Waals surface area contributed by atoms with Crippen molar-refractivity contribution in [3.8, 4) is 0 Å². The SMILES string of the molecule is Cl.NCCc1nc(C(=O)Nc2ccc(N3CCNC3=O)cc2)cs1. The Balaban J connectivity index is 0.00000208. The van der Waals surface area contributed by atoms with Gasteiger partial charge in [-0.05, 0) is 30.8 Å². The van der Waals surface area contributed by atoms with E-state index < -0.39 is 0 Å². The molecule has 2 heterocycles. The van der Waals surface area contributed by atoms with Crippen molar-refractivity contribution in [2.75, 3.05) is 29.9 Å². The van der Waals surface area contributed by atoms with Crippen LogP contribution in [0.5, 0.6) is 0 Å². The van der Waals surface area contributed by atoms with Crippen LogP contribution in [-0.4, -0.2) is 36.6 Å². The molecule has 0 bridgehead atoms. The molecule has 3 rings (SSSR count). The summed E-state index contributed by atoms with van der Waals surface area (Å²) in [5.41, 5.74) is 7.33. The van der Waals surface area contributed by atoms with E-state index in [1.807, 2.05) is 0 Å². The first kappa shape index (κ1) is 18.2. The van der Waals surface area contributed by atoms with Crippen molar-refractivity contribution in [3.63, 3.8) is 0 Å². The molecule has 7 nitrogen and oxygen atoms in total. The summed E-state index contributed by atoms with van der Waals surface area (Å²) < 4.78 is 0. The molecule has 0 aliphatic carbocycles. The number of halogens is 1. The second kappa shape index (κ2) is 8.09. The molecule has 1 fully saturated rings. The van der Waals surface area contributed by atoms with E-state index in [0.29, 0.717) is 37.4 Å². The summed E-state index contributed by atoms with van der Waals surface area (Å²) >= 11 is 1.43. The lowest BCUT2D eigenvalue weighted by molar-refractivity contribution is 0.102. The Morgan fingerprint density at radius 1 is 1.38 bits per heavy atom. The zero-order valence-corrected chi connectivity index (χ0v) is 14.5. The van der Waals surface area contributed by atoms with E-state index in [0.717, 1.165) is 10.7 Å². The zero-order chi connectivity index (χ0) is 16.2. The normalized spacial score (nSPS) is 13.4. The average Bonchev–Trinajstić information content (AvgIpc) is 3.18. The van der Waals surface area contributed by atoms with Crippen LogP contribution >= 0.6 is 23.7 Å². The van der Waals surface area contributed by atoms with E-state index in [4.69, 9.17) is 5.73 Å². The third-order valence-corrected chi connectivity index (χ3v) is 4.34. The molecule has 4 N–H and O–H groups in total. The number of rotatable bonds is 5. The first-order valence-electron chi connectivity index (χ1n) is 7.28. The van der Waals surface area contributed by atoms with Crippen LogP contribution in [0.2, 0.25) is 0 Å². The lowest BCUT2D eigenvalue weighted by Gasteiger charge is -2.14. The van der Waals surface area contributed by atoms with Crippen molar-refractivity contribution in [1.82, 2.24) is 10.3 Å². The number of aromatic nitrogens is 1. The van der Waals surface area contributed by atoms with Gasteiger partial charge in [0.1, 0.15) is 5.69 Å². The molecule has 0 radical (unpaired) electrons. The quantitative estimate of drug-likeness (QED) is 0.750. The summed E-state index contributed by atoms with van der Waals surface area (Å²) in [7, 11) is 0. The highest BCUT2D eigenvalue weighted by Crippen LogP contribution is 2.20. The maximum Gasteiger partial charge on any atom is 0.321 e. The minimum absolute atomic E-state index is 0. The van der Waals surface area contributed by atoms with Crippen LogP contribution in [0.4, 0.5) is 16.2 Å². The Kier molecular flexibility index (Phi) is 6.13. The molecule has 0 unspecified atom stereocenters. The number of nitrogens with zero attached hydrogens (tertiary/aromatic N) is 2. The smallest absolute Gasteiger partial charge is 0.321 e. The standard InChI is InChI=1S/C15H17N5O2S.ClH/c16-6-5-13-19-12(9-23-13)14(21)18-10-1-3-11(4-2-10)20-8-7-17-15(20)22;/h1-4,9H,5-8,16H2,(H,17,22)(H,18,21);1H.